The maximum atomic E-state index is 6.21. The molecule has 1 aromatic carbocycles. The lowest BCUT2D eigenvalue weighted by molar-refractivity contribution is 0.299. The van der Waals surface area contributed by atoms with Crippen molar-refractivity contribution in [2.75, 3.05) is 12.4 Å². The van der Waals surface area contributed by atoms with Crippen molar-refractivity contribution in [2.45, 2.75) is 78.6 Å². The van der Waals surface area contributed by atoms with Crippen LogP contribution in [0, 0.1) is 0 Å². The summed E-state index contributed by atoms with van der Waals surface area (Å²) in [6, 6.07) is 4.70. The van der Waals surface area contributed by atoms with Crippen molar-refractivity contribution in [2.24, 2.45) is 0 Å². The average Bonchev–Trinajstić information content (AvgIpc) is 2.40. The minimum Gasteiger partial charge on any atom is -0.493 e. The van der Waals surface area contributed by atoms with E-state index < -0.39 is 0 Å². The first-order valence-corrected chi connectivity index (χ1v) is 9.16. The summed E-state index contributed by atoms with van der Waals surface area (Å²) < 4.78 is 6.21. The number of aryl methyl sites for hydroxylation is 1. The van der Waals surface area contributed by atoms with Crippen LogP contribution in [0.15, 0.2) is 12.1 Å². The summed E-state index contributed by atoms with van der Waals surface area (Å²) >= 11 is 4.36. The summed E-state index contributed by atoms with van der Waals surface area (Å²) in [6.07, 6.45) is 3.24. The van der Waals surface area contributed by atoms with Gasteiger partial charge in [-0.3, -0.25) is 0 Å². The molecule has 0 fully saturated rings. The van der Waals surface area contributed by atoms with Gasteiger partial charge in [0.25, 0.3) is 0 Å². The molecule has 0 aliphatic heterocycles. The lowest BCUT2D eigenvalue weighted by Crippen LogP contribution is -2.20. The quantitative estimate of drug-likeness (QED) is 0.638. The van der Waals surface area contributed by atoms with E-state index in [1.807, 2.05) is 0 Å². The normalized spacial score (nSPS) is 12.5. The Bertz CT molecular complexity index is 442. The van der Waals surface area contributed by atoms with Crippen LogP contribution >= 0.6 is 12.6 Å². The molecule has 0 spiro atoms. The Morgan fingerprint density at radius 3 is 1.82 bits per heavy atom. The second kappa shape index (κ2) is 7.77. The van der Waals surface area contributed by atoms with Gasteiger partial charge >= 0.3 is 0 Å². The lowest BCUT2D eigenvalue weighted by atomic mass is 9.78. The number of hydrogen-bond donors (Lipinski definition) is 1. The first-order chi connectivity index (χ1) is 10.1. The maximum absolute atomic E-state index is 6.21. The fourth-order valence-electron chi connectivity index (χ4n) is 2.59. The molecule has 1 rings (SSSR count). The van der Waals surface area contributed by atoms with Gasteiger partial charge in [-0.25, -0.2) is 0 Å². The second-order valence-electron chi connectivity index (χ2n) is 8.20. The molecule has 0 unspecified atom stereocenters. The smallest absolute Gasteiger partial charge is 0.126 e. The third-order valence-corrected chi connectivity index (χ3v) is 4.16. The van der Waals surface area contributed by atoms with Gasteiger partial charge in [0, 0.05) is 11.1 Å². The zero-order chi connectivity index (χ0) is 17.0. The molecule has 1 aromatic rings. The van der Waals surface area contributed by atoms with Gasteiger partial charge in [-0.2, -0.15) is 12.6 Å². The van der Waals surface area contributed by atoms with E-state index in [2.05, 4.69) is 73.2 Å². The molecule has 0 atom stereocenters. The highest BCUT2D eigenvalue weighted by Crippen LogP contribution is 2.41. The minimum absolute atomic E-state index is 0.0834. The van der Waals surface area contributed by atoms with E-state index in [0.717, 1.165) is 37.4 Å². The molecular weight excluding hydrogens is 288 g/mol. The molecule has 0 radical (unpaired) electrons. The number of ether oxygens (including phenoxy) is 1. The molecular formula is C20H34OS. The van der Waals surface area contributed by atoms with Crippen molar-refractivity contribution in [3.63, 3.8) is 0 Å². The Morgan fingerprint density at radius 2 is 1.45 bits per heavy atom. The summed E-state index contributed by atoms with van der Waals surface area (Å²) in [7, 11) is 0. The Balaban J connectivity index is 3.47. The van der Waals surface area contributed by atoms with E-state index in [9.17, 15) is 0 Å². The molecule has 0 N–H and O–H groups in total. The van der Waals surface area contributed by atoms with Crippen LogP contribution in [0.4, 0.5) is 0 Å². The molecule has 0 aromatic heterocycles. The third-order valence-electron chi connectivity index (χ3n) is 3.84. The van der Waals surface area contributed by atoms with Crippen LogP contribution < -0.4 is 4.74 Å². The molecule has 0 aliphatic rings. The van der Waals surface area contributed by atoms with Crippen LogP contribution in [0.1, 0.15) is 78.0 Å². The van der Waals surface area contributed by atoms with Gasteiger partial charge in [-0.1, -0.05) is 60.6 Å². The molecule has 0 saturated carbocycles. The van der Waals surface area contributed by atoms with Gasteiger partial charge in [-0.15, -0.1) is 0 Å². The van der Waals surface area contributed by atoms with Crippen LogP contribution in [0.5, 0.6) is 5.75 Å². The molecule has 2 heteroatoms. The SMILES string of the molecule is CCCOc1c(C(C)(C)C)cc(CCCS)cc1C(C)(C)C. The van der Waals surface area contributed by atoms with Crippen molar-refractivity contribution in [1.82, 2.24) is 0 Å². The molecule has 0 amide bonds. The molecule has 0 heterocycles. The van der Waals surface area contributed by atoms with Crippen LogP contribution in [-0.2, 0) is 17.3 Å². The second-order valence-corrected chi connectivity index (χ2v) is 8.64. The monoisotopic (exact) mass is 322 g/mol. The van der Waals surface area contributed by atoms with Crippen LogP contribution in [0.2, 0.25) is 0 Å². The molecule has 0 saturated heterocycles. The van der Waals surface area contributed by atoms with Gasteiger partial charge < -0.3 is 4.74 Å². The fourth-order valence-corrected chi connectivity index (χ4v) is 2.75. The Hall–Kier alpha value is -0.630. The van der Waals surface area contributed by atoms with Crippen LogP contribution in [0.25, 0.3) is 0 Å². The first-order valence-electron chi connectivity index (χ1n) is 8.52. The van der Waals surface area contributed by atoms with E-state index in [1.165, 1.54) is 16.7 Å². The topological polar surface area (TPSA) is 9.23 Å². The highest BCUT2D eigenvalue weighted by atomic mass is 32.1. The zero-order valence-electron chi connectivity index (χ0n) is 15.5. The lowest BCUT2D eigenvalue weighted by Gasteiger charge is -2.30. The van der Waals surface area contributed by atoms with Crippen molar-refractivity contribution in [1.29, 1.82) is 0 Å². The molecule has 0 bridgehead atoms. The van der Waals surface area contributed by atoms with Crippen LogP contribution in [0.3, 0.4) is 0 Å². The third kappa shape index (κ3) is 5.22. The maximum Gasteiger partial charge on any atom is 0.126 e. The van der Waals surface area contributed by atoms with Gasteiger partial charge in [0.1, 0.15) is 5.75 Å². The average molecular weight is 323 g/mol. The van der Waals surface area contributed by atoms with Crippen LogP contribution in [-0.4, -0.2) is 12.4 Å². The van der Waals surface area contributed by atoms with Crippen molar-refractivity contribution in [3.8, 4) is 5.75 Å². The van der Waals surface area contributed by atoms with E-state index in [1.54, 1.807) is 0 Å². The minimum atomic E-state index is 0.0834. The summed E-state index contributed by atoms with van der Waals surface area (Å²) in [5.74, 6) is 2.04. The summed E-state index contributed by atoms with van der Waals surface area (Å²) in [5, 5.41) is 0. The van der Waals surface area contributed by atoms with Crippen molar-refractivity contribution >= 4 is 12.6 Å². The Labute approximate surface area is 143 Å². The molecule has 1 nitrogen and oxygen atoms in total. The van der Waals surface area contributed by atoms with E-state index >= 15 is 0 Å². The number of benzene rings is 1. The summed E-state index contributed by atoms with van der Waals surface area (Å²) in [4.78, 5) is 0. The number of rotatable bonds is 6. The molecule has 22 heavy (non-hydrogen) atoms. The van der Waals surface area contributed by atoms with Gasteiger partial charge in [0.05, 0.1) is 6.61 Å². The number of thiol groups is 1. The summed E-state index contributed by atoms with van der Waals surface area (Å²) in [6.45, 7) is 16.6. The summed E-state index contributed by atoms with van der Waals surface area (Å²) in [5.41, 5.74) is 4.25. The van der Waals surface area contributed by atoms with Crippen molar-refractivity contribution in [3.05, 3.63) is 28.8 Å². The predicted molar refractivity (Wildman–Crippen MR) is 102 cm³/mol. The van der Waals surface area contributed by atoms with E-state index in [-0.39, 0.29) is 10.8 Å². The Morgan fingerprint density at radius 1 is 0.955 bits per heavy atom. The molecule has 126 valence electrons. The largest absolute Gasteiger partial charge is 0.493 e. The molecule has 0 aliphatic carbocycles. The highest BCUT2D eigenvalue weighted by Gasteiger charge is 2.27. The standard InChI is InChI=1S/C20H34OS/c1-8-11-21-18-16(19(2,3)4)13-15(10-9-12-22)14-17(18)20(5,6)7/h13-14,22H,8-12H2,1-7H3. The fraction of sp³-hybridized carbons (Fsp3) is 0.700. The van der Waals surface area contributed by atoms with E-state index in [0.29, 0.717) is 0 Å². The Kier molecular flexibility index (Phi) is 6.85. The van der Waals surface area contributed by atoms with Gasteiger partial charge in [-0.05, 0) is 41.4 Å². The van der Waals surface area contributed by atoms with E-state index in [4.69, 9.17) is 4.74 Å². The number of hydrogen-bond acceptors (Lipinski definition) is 2. The predicted octanol–water partition coefficient (Wildman–Crippen LogP) is 5.93. The van der Waals surface area contributed by atoms with Gasteiger partial charge in [0.15, 0.2) is 0 Å². The van der Waals surface area contributed by atoms with Gasteiger partial charge in [0.2, 0.25) is 0 Å². The zero-order valence-corrected chi connectivity index (χ0v) is 16.4. The first kappa shape index (κ1) is 19.4. The van der Waals surface area contributed by atoms with Crippen molar-refractivity contribution < 1.29 is 4.74 Å². The highest BCUT2D eigenvalue weighted by molar-refractivity contribution is 7.80.